The molecule has 25 heavy (non-hydrogen) atoms. The van der Waals surface area contributed by atoms with E-state index in [0.717, 1.165) is 24.0 Å². The van der Waals surface area contributed by atoms with Crippen molar-refractivity contribution in [1.82, 2.24) is 19.9 Å². The summed E-state index contributed by atoms with van der Waals surface area (Å²) in [5, 5.41) is 8.23. The highest BCUT2D eigenvalue weighted by atomic mass is 16.2. The van der Waals surface area contributed by atoms with Gasteiger partial charge in [-0.05, 0) is 24.0 Å². The van der Waals surface area contributed by atoms with Crippen LogP contribution in [0.15, 0.2) is 66.9 Å². The highest BCUT2D eigenvalue weighted by Crippen LogP contribution is 2.29. The van der Waals surface area contributed by atoms with E-state index in [1.165, 1.54) is 0 Å². The molecule has 0 saturated heterocycles. The zero-order valence-electron chi connectivity index (χ0n) is 14.0. The first kappa shape index (κ1) is 15.6. The molecule has 0 aliphatic heterocycles. The number of nitrogens with zero attached hydrogens (tertiary/aromatic N) is 4. The van der Waals surface area contributed by atoms with E-state index in [0.29, 0.717) is 24.8 Å². The Labute approximate surface area is 146 Å². The van der Waals surface area contributed by atoms with E-state index >= 15 is 0 Å². The summed E-state index contributed by atoms with van der Waals surface area (Å²) in [5.74, 6) is -0.0364. The minimum absolute atomic E-state index is 0.0364. The Kier molecular flexibility index (Phi) is 4.29. The second-order valence-corrected chi connectivity index (χ2v) is 6.44. The molecule has 1 aliphatic rings. The third-order valence-electron chi connectivity index (χ3n) is 4.39. The number of carbonyl (C=O) groups is 1. The number of carbonyl (C=O) groups excluding carboxylic acids is 1. The average molecular weight is 332 g/mol. The quantitative estimate of drug-likeness (QED) is 0.697. The predicted octanol–water partition coefficient (Wildman–Crippen LogP) is 3.13. The van der Waals surface area contributed by atoms with Crippen LogP contribution in [0.3, 0.4) is 0 Å². The van der Waals surface area contributed by atoms with Crippen LogP contribution < -0.4 is 0 Å². The summed E-state index contributed by atoms with van der Waals surface area (Å²) in [5.41, 5.74) is 2.69. The van der Waals surface area contributed by atoms with Crippen LogP contribution in [0.4, 0.5) is 0 Å². The summed E-state index contributed by atoms with van der Waals surface area (Å²) < 4.78 is 1.72. The Bertz CT molecular complexity index is 840. The van der Waals surface area contributed by atoms with Crippen LogP contribution in [0.1, 0.15) is 34.5 Å². The van der Waals surface area contributed by atoms with Gasteiger partial charge in [0.15, 0.2) is 5.69 Å². The molecule has 0 N–H and O–H groups in total. The Morgan fingerprint density at radius 1 is 1.00 bits per heavy atom. The van der Waals surface area contributed by atoms with Gasteiger partial charge in [0, 0.05) is 12.6 Å². The zero-order valence-corrected chi connectivity index (χ0v) is 14.0. The van der Waals surface area contributed by atoms with Gasteiger partial charge >= 0.3 is 0 Å². The van der Waals surface area contributed by atoms with Crippen molar-refractivity contribution in [2.75, 3.05) is 0 Å². The Morgan fingerprint density at radius 2 is 1.64 bits per heavy atom. The Morgan fingerprint density at radius 3 is 2.28 bits per heavy atom. The fourth-order valence-corrected chi connectivity index (χ4v) is 2.92. The molecule has 1 fully saturated rings. The molecular formula is C20H20N4O. The Hall–Kier alpha value is -2.95. The number of amides is 1. The van der Waals surface area contributed by atoms with Gasteiger partial charge in [-0.15, -0.1) is 5.10 Å². The van der Waals surface area contributed by atoms with Gasteiger partial charge in [0.05, 0.1) is 12.7 Å². The van der Waals surface area contributed by atoms with E-state index in [4.69, 9.17) is 0 Å². The first-order valence-electron chi connectivity index (χ1n) is 8.58. The van der Waals surface area contributed by atoms with Crippen molar-refractivity contribution >= 4 is 5.91 Å². The standard InChI is InChI=1S/C20H20N4O/c25-20(24(18-11-12-18)14-17-9-5-2-6-10-17)19-15-23(22-21-19)13-16-7-3-1-4-8-16/h1-10,15,18H,11-14H2. The van der Waals surface area contributed by atoms with Crippen molar-refractivity contribution in [1.29, 1.82) is 0 Å². The molecule has 0 radical (unpaired) electrons. The maximum Gasteiger partial charge on any atom is 0.276 e. The van der Waals surface area contributed by atoms with Crippen LogP contribution in [0, 0.1) is 0 Å². The molecule has 1 aromatic heterocycles. The minimum atomic E-state index is -0.0364. The molecule has 0 atom stereocenters. The molecule has 0 spiro atoms. The van der Waals surface area contributed by atoms with Crippen LogP contribution >= 0.6 is 0 Å². The monoisotopic (exact) mass is 332 g/mol. The molecule has 5 heteroatoms. The van der Waals surface area contributed by atoms with E-state index < -0.39 is 0 Å². The molecule has 5 nitrogen and oxygen atoms in total. The molecule has 126 valence electrons. The van der Waals surface area contributed by atoms with Gasteiger partial charge in [-0.2, -0.15) is 0 Å². The van der Waals surface area contributed by atoms with Gasteiger partial charge in [0.2, 0.25) is 0 Å². The lowest BCUT2D eigenvalue weighted by atomic mass is 10.2. The number of hydrogen-bond acceptors (Lipinski definition) is 3. The average Bonchev–Trinajstić information content (AvgIpc) is 3.39. The van der Waals surface area contributed by atoms with Crippen LogP contribution in [-0.4, -0.2) is 31.8 Å². The molecular weight excluding hydrogens is 312 g/mol. The van der Waals surface area contributed by atoms with Crippen molar-refractivity contribution in [3.05, 3.63) is 83.7 Å². The molecule has 1 heterocycles. The summed E-state index contributed by atoms with van der Waals surface area (Å²) in [4.78, 5) is 14.8. The third kappa shape index (κ3) is 3.76. The molecule has 4 rings (SSSR count). The van der Waals surface area contributed by atoms with E-state index in [-0.39, 0.29) is 5.91 Å². The lowest BCUT2D eigenvalue weighted by molar-refractivity contribution is 0.0724. The number of benzene rings is 2. The topological polar surface area (TPSA) is 51.0 Å². The van der Waals surface area contributed by atoms with Crippen molar-refractivity contribution in [3.63, 3.8) is 0 Å². The van der Waals surface area contributed by atoms with E-state index in [1.807, 2.05) is 53.4 Å². The fourth-order valence-electron chi connectivity index (χ4n) is 2.92. The minimum Gasteiger partial charge on any atom is -0.330 e. The molecule has 3 aromatic rings. The molecule has 1 amide bonds. The third-order valence-corrected chi connectivity index (χ3v) is 4.39. The first-order chi connectivity index (χ1) is 12.3. The Balaban J connectivity index is 1.49. The summed E-state index contributed by atoms with van der Waals surface area (Å²) in [6.45, 7) is 1.24. The van der Waals surface area contributed by atoms with Gasteiger partial charge in [-0.3, -0.25) is 4.79 Å². The zero-order chi connectivity index (χ0) is 17.1. The highest BCUT2D eigenvalue weighted by Gasteiger charge is 2.34. The maximum atomic E-state index is 12.9. The van der Waals surface area contributed by atoms with Crippen molar-refractivity contribution in [3.8, 4) is 0 Å². The lowest BCUT2D eigenvalue weighted by Gasteiger charge is -2.21. The first-order valence-corrected chi connectivity index (χ1v) is 8.58. The molecule has 1 aliphatic carbocycles. The maximum absolute atomic E-state index is 12.9. The van der Waals surface area contributed by atoms with E-state index in [9.17, 15) is 4.79 Å². The number of hydrogen-bond donors (Lipinski definition) is 0. The largest absolute Gasteiger partial charge is 0.330 e. The lowest BCUT2D eigenvalue weighted by Crippen LogP contribution is -2.32. The summed E-state index contributed by atoms with van der Waals surface area (Å²) >= 11 is 0. The van der Waals surface area contributed by atoms with Gasteiger partial charge in [0.1, 0.15) is 0 Å². The van der Waals surface area contributed by atoms with E-state index in [2.05, 4.69) is 22.4 Å². The highest BCUT2D eigenvalue weighted by molar-refractivity contribution is 5.92. The van der Waals surface area contributed by atoms with Crippen LogP contribution in [0.2, 0.25) is 0 Å². The summed E-state index contributed by atoms with van der Waals surface area (Å²) in [6.07, 6.45) is 3.88. The number of aromatic nitrogens is 3. The molecule has 0 unspecified atom stereocenters. The summed E-state index contributed by atoms with van der Waals surface area (Å²) in [6, 6.07) is 20.5. The van der Waals surface area contributed by atoms with Crippen LogP contribution in [0.25, 0.3) is 0 Å². The second kappa shape index (κ2) is 6.89. The smallest absolute Gasteiger partial charge is 0.276 e. The molecule has 2 aromatic carbocycles. The SMILES string of the molecule is O=C(c1cn(Cc2ccccc2)nn1)N(Cc1ccccc1)C1CC1. The van der Waals surface area contributed by atoms with Gasteiger partial charge in [-0.1, -0.05) is 65.9 Å². The molecule has 0 bridgehead atoms. The van der Waals surface area contributed by atoms with Gasteiger partial charge in [-0.25, -0.2) is 4.68 Å². The number of rotatable bonds is 6. The van der Waals surface area contributed by atoms with Gasteiger partial charge in [0.25, 0.3) is 5.91 Å². The normalized spacial score (nSPS) is 13.6. The predicted molar refractivity (Wildman–Crippen MR) is 94.9 cm³/mol. The second-order valence-electron chi connectivity index (χ2n) is 6.44. The van der Waals surface area contributed by atoms with Crippen molar-refractivity contribution in [2.24, 2.45) is 0 Å². The van der Waals surface area contributed by atoms with Crippen molar-refractivity contribution < 1.29 is 4.79 Å². The molecule has 1 saturated carbocycles. The van der Waals surface area contributed by atoms with E-state index in [1.54, 1.807) is 10.9 Å². The van der Waals surface area contributed by atoms with Crippen LogP contribution in [0.5, 0.6) is 0 Å². The van der Waals surface area contributed by atoms with Gasteiger partial charge < -0.3 is 4.90 Å². The fraction of sp³-hybridized carbons (Fsp3) is 0.250. The van der Waals surface area contributed by atoms with Crippen LogP contribution in [-0.2, 0) is 13.1 Å². The summed E-state index contributed by atoms with van der Waals surface area (Å²) in [7, 11) is 0. The van der Waals surface area contributed by atoms with Crippen molar-refractivity contribution in [2.45, 2.75) is 32.0 Å².